The van der Waals surface area contributed by atoms with Crippen molar-refractivity contribution in [3.05, 3.63) is 48.3 Å². The van der Waals surface area contributed by atoms with Crippen molar-refractivity contribution in [2.75, 3.05) is 7.11 Å². The molecule has 0 unspecified atom stereocenters. The van der Waals surface area contributed by atoms with Crippen LogP contribution in [-0.4, -0.2) is 17.2 Å². The maximum atomic E-state index is 9.34. The minimum Gasteiger partial charge on any atom is -0.497 e. The predicted octanol–water partition coefficient (Wildman–Crippen LogP) is 2.94. The highest BCUT2D eigenvalue weighted by Gasteiger charge is 2.03. The van der Waals surface area contributed by atoms with Crippen LogP contribution >= 0.6 is 0 Å². The second kappa shape index (κ2) is 5.51. The number of benzene rings is 1. The van der Waals surface area contributed by atoms with Crippen molar-refractivity contribution >= 4 is 0 Å². The first-order valence-electron chi connectivity index (χ1n) is 5.65. The van der Waals surface area contributed by atoms with Gasteiger partial charge >= 0.3 is 0 Å². The van der Waals surface area contributed by atoms with Crippen LogP contribution in [0.1, 0.15) is 18.7 Å². The van der Waals surface area contributed by atoms with Gasteiger partial charge < -0.3 is 14.6 Å². The summed E-state index contributed by atoms with van der Waals surface area (Å²) >= 11 is 0. The summed E-state index contributed by atoms with van der Waals surface area (Å²) in [7, 11) is 1.62. The Labute approximate surface area is 106 Å². The van der Waals surface area contributed by atoms with Gasteiger partial charge in [-0.05, 0) is 43.3 Å². The van der Waals surface area contributed by atoms with Crippen LogP contribution in [-0.2, 0) is 0 Å². The highest BCUT2D eigenvalue weighted by atomic mass is 16.5. The van der Waals surface area contributed by atoms with E-state index in [1.165, 1.54) is 0 Å². The quantitative estimate of drug-likeness (QED) is 0.899. The molecule has 0 spiro atoms. The number of aliphatic hydroxyl groups excluding tert-OH is 1. The van der Waals surface area contributed by atoms with E-state index in [9.17, 15) is 5.11 Å². The summed E-state index contributed by atoms with van der Waals surface area (Å²) < 4.78 is 10.7. The molecule has 0 radical (unpaired) electrons. The molecule has 0 aliphatic heterocycles. The van der Waals surface area contributed by atoms with Crippen molar-refractivity contribution in [3.63, 3.8) is 0 Å². The van der Waals surface area contributed by atoms with E-state index in [2.05, 4.69) is 4.98 Å². The lowest BCUT2D eigenvalue weighted by atomic mass is 10.2. The summed E-state index contributed by atoms with van der Waals surface area (Å²) in [5, 5.41) is 9.34. The molecule has 1 aromatic heterocycles. The molecule has 0 bridgehead atoms. The second-order valence-electron chi connectivity index (χ2n) is 3.87. The van der Waals surface area contributed by atoms with Gasteiger partial charge in [0.05, 0.1) is 25.1 Å². The highest BCUT2D eigenvalue weighted by molar-refractivity contribution is 5.34. The third-order valence-corrected chi connectivity index (χ3v) is 2.48. The molecule has 18 heavy (non-hydrogen) atoms. The molecule has 0 aliphatic carbocycles. The van der Waals surface area contributed by atoms with Gasteiger partial charge in [-0.2, -0.15) is 0 Å². The number of aromatic nitrogens is 1. The van der Waals surface area contributed by atoms with Crippen LogP contribution in [0.15, 0.2) is 42.6 Å². The van der Waals surface area contributed by atoms with E-state index < -0.39 is 6.10 Å². The standard InChI is InChI=1S/C14H15NO3/c1-10(16)14-8-7-13(9-15-14)18-12-5-3-11(17-2)4-6-12/h3-10,16H,1-2H3/t10-/m0/s1. The molecule has 0 fully saturated rings. The maximum Gasteiger partial charge on any atom is 0.145 e. The Hall–Kier alpha value is -2.07. The minimum atomic E-state index is -0.569. The summed E-state index contributed by atoms with van der Waals surface area (Å²) in [4.78, 5) is 4.11. The molecule has 94 valence electrons. The number of rotatable bonds is 4. The number of nitrogens with zero attached hydrogens (tertiary/aromatic N) is 1. The van der Waals surface area contributed by atoms with Gasteiger partial charge in [0.2, 0.25) is 0 Å². The number of pyridine rings is 1. The first kappa shape index (κ1) is 12.4. The minimum absolute atomic E-state index is 0.569. The largest absolute Gasteiger partial charge is 0.497 e. The van der Waals surface area contributed by atoms with Gasteiger partial charge in [-0.15, -0.1) is 0 Å². The normalized spacial score (nSPS) is 11.9. The Morgan fingerprint density at radius 2 is 1.61 bits per heavy atom. The molecule has 1 aromatic carbocycles. The van der Waals surface area contributed by atoms with Crippen molar-refractivity contribution < 1.29 is 14.6 Å². The fourth-order valence-corrected chi connectivity index (χ4v) is 1.48. The smallest absolute Gasteiger partial charge is 0.145 e. The Balaban J connectivity index is 2.08. The highest BCUT2D eigenvalue weighted by Crippen LogP contribution is 2.23. The van der Waals surface area contributed by atoms with Gasteiger partial charge in [0, 0.05) is 0 Å². The maximum absolute atomic E-state index is 9.34. The SMILES string of the molecule is COc1ccc(Oc2ccc([C@H](C)O)nc2)cc1. The molecule has 0 amide bonds. The van der Waals surface area contributed by atoms with Gasteiger partial charge in [0.25, 0.3) is 0 Å². The molecule has 2 aromatic rings. The molecule has 2 rings (SSSR count). The fraction of sp³-hybridized carbons (Fsp3) is 0.214. The van der Waals surface area contributed by atoms with E-state index in [-0.39, 0.29) is 0 Å². The Morgan fingerprint density at radius 3 is 2.11 bits per heavy atom. The summed E-state index contributed by atoms with van der Waals surface area (Å²) in [6.07, 6.45) is 1.02. The van der Waals surface area contributed by atoms with Crippen LogP contribution in [0.25, 0.3) is 0 Å². The molecule has 0 saturated heterocycles. The monoisotopic (exact) mass is 245 g/mol. The van der Waals surface area contributed by atoms with Gasteiger partial charge in [0.1, 0.15) is 17.2 Å². The number of hydrogen-bond donors (Lipinski definition) is 1. The van der Waals surface area contributed by atoms with E-state index in [0.29, 0.717) is 17.2 Å². The van der Waals surface area contributed by atoms with Crippen molar-refractivity contribution in [3.8, 4) is 17.2 Å². The van der Waals surface area contributed by atoms with Crippen LogP contribution in [0.3, 0.4) is 0 Å². The predicted molar refractivity (Wildman–Crippen MR) is 67.9 cm³/mol. The Kier molecular flexibility index (Phi) is 3.79. The third kappa shape index (κ3) is 2.99. The van der Waals surface area contributed by atoms with Gasteiger partial charge in [-0.1, -0.05) is 0 Å². The lowest BCUT2D eigenvalue weighted by Crippen LogP contribution is -1.95. The first-order valence-corrected chi connectivity index (χ1v) is 5.65. The zero-order chi connectivity index (χ0) is 13.0. The van der Waals surface area contributed by atoms with E-state index in [4.69, 9.17) is 9.47 Å². The molecule has 0 aliphatic rings. The zero-order valence-electron chi connectivity index (χ0n) is 10.3. The molecule has 4 nitrogen and oxygen atoms in total. The molecular weight excluding hydrogens is 230 g/mol. The third-order valence-electron chi connectivity index (χ3n) is 2.48. The summed E-state index contributed by atoms with van der Waals surface area (Å²) in [6, 6.07) is 10.8. The van der Waals surface area contributed by atoms with E-state index in [0.717, 1.165) is 5.75 Å². The lowest BCUT2D eigenvalue weighted by molar-refractivity contribution is 0.194. The van der Waals surface area contributed by atoms with Crippen LogP contribution in [0.4, 0.5) is 0 Å². The van der Waals surface area contributed by atoms with Crippen molar-refractivity contribution in [1.29, 1.82) is 0 Å². The topological polar surface area (TPSA) is 51.6 Å². The zero-order valence-corrected chi connectivity index (χ0v) is 10.3. The average molecular weight is 245 g/mol. The van der Waals surface area contributed by atoms with Crippen molar-refractivity contribution in [1.82, 2.24) is 4.98 Å². The van der Waals surface area contributed by atoms with Crippen molar-refractivity contribution in [2.45, 2.75) is 13.0 Å². The number of hydrogen-bond acceptors (Lipinski definition) is 4. The number of aliphatic hydroxyl groups is 1. The van der Waals surface area contributed by atoms with Gasteiger partial charge in [-0.3, -0.25) is 4.98 Å². The molecule has 4 heteroatoms. The van der Waals surface area contributed by atoms with Crippen LogP contribution in [0.2, 0.25) is 0 Å². The Bertz CT molecular complexity index is 491. The van der Waals surface area contributed by atoms with Gasteiger partial charge in [0.15, 0.2) is 0 Å². The van der Waals surface area contributed by atoms with E-state index in [1.54, 1.807) is 32.4 Å². The molecule has 1 atom stereocenters. The number of ether oxygens (including phenoxy) is 2. The summed E-state index contributed by atoms with van der Waals surface area (Å²) in [5.41, 5.74) is 0.622. The van der Waals surface area contributed by atoms with Crippen molar-refractivity contribution in [2.24, 2.45) is 0 Å². The average Bonchev–Trinajstić information content (AvgIpc) is 2.40. The molecule has 1 N–H and O–H groups in total. The van der Waals surface area contributed by atoms with Crippen LogP contribution in [0, 0.1) is 0 Å². The summed E-state index contributed by atoms with van der Waals surface area (Å²) in [5.74, 6) is 2.12. The van der Waals surface area contributed by atoms with E-state index in [1.807, 2.05) is 24.3 Å². The molecule has 0 saturated carbocycles. The lowest BCUT2D eigenvalue weighted by Gasteiger charge is -2.08. The second-order valence-corrected chi connectivity index (χ2v) is 3.87. The molecule has 1 heterocycles. The number of methoxy groups -OCH3 is 1. The van der Waals surface area contributed by atoms with Gasteiger partial charge in [-0.25, -0.2) is 0 Å². The van der Waals surface area contributed by atoms with E-state index >= 15 is 0 Å². The summed E-state index contributed by atoms with van der Waals surface area (Å²) in [6.45, 7) is 1.67. The molecular formula is C14H15NO3. The van der Waals surface area contributed by atoms with Crippen LogP contribution < -0.4 is 9.47 Å². The fourth-order valence-electron chi connectivity index (χ4n) is 1.48. The Morgan fingerprint density at radius 1 is 1.00 bits per heavy atom. The van der Waals surface area contributed by atoms with Crippen LogP contribution in [0.5, 0.6) is 17.2 Å². The first-order chi connectivity index (χ1) is 8.69.